The van der Waals surface area contributed by atoms with Crippen molar-refractivity contribution in [1.82, 2.24) is 0 Å². The molecule has 1 aliphatic rings. The fourth-order valence-corrected chi connectivity index (χ4v) is 2.46. The second-order valence-electron chi connectivity index (χ2n) is 4.89. The summed E-state index contributed by atoms with van der Waals surface area (Å²) in [7, 11) is 0. The quantitative estimate of drug-likeness (QED) is 0.877. The van der Waals surface area contributed by atoms with E-state index in [0.29, 0.717) is 12.5 Å². The topological polar surface area (TPSA) is 41.1 Å². The van der Waals surface area contributed by atoms with Crippen molar-refractivity contribution < 1.29 is 4.79 Å². The number of carbonyl (C=O) groups is 1. The molecule has 3 nitrogen and oxygen atoms in total. The van der Waals surface area contributed by atoms with E-state index < -0.39 is 0 Å². The van der Waals surface area contributed by atoms with Crippen molar-refractivity contribution >= 4 is 33.2 Å². The van der Waals surface area contributed by atoms with Gasteiger partial charge in [0, 0.05) is 11.0 Å². The van der Waals surface area contributed by atoms with Crippen molar-refractivity contribution in [3.05, 3.63) is 22.7 Å². The van der Waals surface area contributed by atoms with Crippen LogP contribution in [0.5, 0.6) is 0 Å². The number of carbonyl (C=O) groups excluding carboxylic acids is 1. The number of nitrogens with one attached hydrogen (secondary N) is 2. The van der Waals surface area contributed by atoms with E-state index in [1.54, 1.807) is 0 Å². The highest BCUT2D eigenvalue weighted by Gasteiger charge is 2.23. The van der Waals surface area contributed by atoms with Gasteiger partial charge < -0.3 is 10.6 Å². The zero-order valence-electron chi connectivity index (χ0n) is 10.1. The second kappa shape index (κ2) is 5.08. The molecule has 1 atom stereocenters. The lowest BCUT2D eigenvalue weighted by atomic mass is 9.96. The monoisotopic (exact) mass is 296 g/mol. The van der Waals surface area contributed by atoms with E-state index in [9.17, 15) is 4.79 Å². The van der Waals surface area contributed by atoms with Gasteiger partial charge in [0.1, 0.15) is 0 Å². The Morgan fingerprint density at radius 1 is 1.41 bits per heavy atom. The first kappa shape index (κ1) is 12.4. The first-order valence-corrected chi connectivity index (χ1v) is 6.70. The van der Waals surface area contributed by atoms with E-state index in [0.717, 1.165) is 22.3 Å². The minimum absolute atomic E-state index is 0.0428. The molecule has 2 N–H and O–H groups in total. The van der Waals surface area contributed by atoms with Crippen LogP contribution in [0.25, 0.3) is 0 Å². The lowest BCUT2D eigenvalue weighted by Gasteiger charge is -2.15. The Kier molecular flexibility index (Phi) is 3.72. The molecule has 17 heavy (non-hydrogen) atoms. The summed E-state index contributed by atoms with van der Waals surface area (Å²) in [6.07, 6.45) is 0.911. The fraction of sp³-hybridized carbons (Fsp3) is 0.462. The van der Waals surface area contributed by atoms with Gasteiger partial charge in [-0.25, -0.2) is 0 Å². The fourth-order valence-electron chi connectivity index (χ4n) is 2.09. The molecule has 0 aliphatic carbocycles. The van der Waals surface area contributed by atoms with Crippen LogP contribution in [0.3, 0.4) is 0 Å². The van der Waals surface area contributed by atoms with Crippen LogP contribution in [0.15, 0.2) is 22.7 Å². The summed E-state index contributed by atoms with van der Waals surface area (Å²) < 4.78 is 0.973. The Hall–Kier alpha value is -1.03. The molecular formula is C13H17BrN2O. The third-order valence-electron chi connectivity index (χ3n) is 2.91. The van der Waals surface area contributed by atoms with E-state index >= 15 is 0 Å². The largest absolute Gasteiger partial charge is 0.383 e. The minimum atomic E-state index is 0.0428. The molecule has 1 aromatic carbocycles. The highest BCUT2D eigenvalue weighted by molar-refractivity contribution is 9.10. The highest BCUT2D eigenvalue weighted by Crippen LogP contribution is 2.29. The molecule has 0 unspecified atom stereocenters. The number of amides is 1. The normalized spacial score (nSPS) is 19.3. The van der Waals surface area contributed by atoms with Crippen LogP contribution in [-0.2, 0) is 4.79 Å². The summed E-state index contributed by atoms with van der Waals surface area (Å²) >= 11 is 3.41. The van der Waals surface area contributed by atoms with Crippen LogP contribution in [0.1, 0.15) is 20.3 Å². The minimum Gasteiger partial charge on any atom is -0.383 e. The molecule has 0 spiro atoms. The van der Waals surface area contributed by atoms with Gasteiger partial charge in [-0.2, -0.15) is 0 Å². The first-order chi connectivity index (χ1) is 8.06. The molecule has 92 valence electrons. The molecule has 0 fully saturated rings. The summed E-state index contributed by atoms with van der Waals surface area (Å²) in [5, 5.41) is 6.32. The standard InChI is InChI=1S/C13H17BrN2O/c1-8(2)5-9-7-15-11-4-3-10(14)6-12(11)16-13(9)17/h3-4,6,8-9,15H,5,7H2,1-2H3,(H,16,17)/t9-/m0/s1. The Bertz CT molecular complexity index is 431. The molecule has 0 saturated carbocycles. The number of hydrogen-bond acceptors (Lipinski definition) is 2. The van der Waals surface area contributed by atoms with E-state index in [-0.39, 0.29) is 11.8 Å². The molecule has 1 heterocycles. The molecule has 0 aromatic heterocycles. The molecule has 1 amide bonds. The van der Waals surface area contributed by atoms with E-state index in [1.807, 2.05) is 18.2 Å². The van der Waals surface area contributed by atoms with E-state index in [2.05, 4.69) is 40.4 Å². The van der Waals surface area contributed by atoms with Crippen LogP contribution in [-0.4, -0.2) is 12.5 Å². The number of halogens is 1. The van der Waals surface area contributed by atoms with Crippen LogP contribution in [0.4, 0.5) is 11.4 Å². The molecule has 1 aliphatic heterocycles. The molecular weight excluding hydrogens is 280 g/mol. The lowest BCUT2D eigenvalue weighted by molar-refractivity contribution is -0.119. The van der Waals surface area contributed by atoms with Crippen molar-refractivity contribution in [1.29, 1.82) is 0 Å². The summed E-state index contributed by atoms with van der Waals surface area (Å²) in [6, 6.07) is 5.89. The van der Waals surface area contributed by atoms with Crippen LogP contribution >= 0.6 is 15.9 Å². The molecule has 0 bridgehead atoms. The first-order valence-electron chi connectivity index (χ1n) is 5.90. The third-order valence-corrected chi connectivity index (χ3v) is 3.40. The van der Waals surface area contributed by atoms with E-state index in [1.165, 1.54) is 0 Å². The Labute approximate surface area is 110 Å². The molecule has 0 radical (unpaired) electrons. The molecule has 0 saturated heterocycles. The Balaban J connectivity index is 2.19. The van der Waals surface area contributed by atoms with Crippen molar-refractivity contribution in [3.63, 3.8) is 0 Å². The summed E-state index contributed by atoms with van der Waals surface area (Å²) in [4.78, 5) is 12.1. The average Bonchev–Trinajstić information content (AvgIpc) is 2.38. The predicted molar refractivity (Wildman–Crippen MR) is 74.2 cm³/mol. The maximum Gasteiger partial charge on any atom is 0.229 e. The number of rotatable bonds is 2. The van der Waals surface area contributed by atoms with E-state index in [4.69, 9.17) is 0 Å². The van der Waals surface area contributed by atoms with Gasteiger partial charge >= 0.3 is 0 Å². The lowest BCUT2D eigenvalue weighted by Crippen LogP contribution is -2.27. The van der Waals surface area contributed by atoms with Gasteiger partial charge in [-0.3, -0.25) is 4.79 Å². The average molecular weight is 297 g/mol. The maximum absolute atomic E-state index is 12.1. The highest BCUT2D eigenvalue weighted by atomic mass is 79.9. The number of anilines is 2. The Morgan fingerprint density at radius 3 is 2.88 bits per heavy atom. The summed E-state index contributed by atoms with van der Waals surface area (Å²) in [5.41, 5.74) is 1.85. The smallest absolute Gasteiger partial charge is 0.229 e. The van der Waals surface area contributed by atoms with Crippen LogP contribution in [0.2, 0.25) is 0 Å². The van der Waals surface area contributed by atoms with Crippen LogP contribution < -0.4 is 10.6 Å². The van der Waals surface area contributed by atoms with Crippen LogP contribution in [0, 0.1) is 11.8 Å². The zero-order chi connectivity index (χ0) is 12.4. The van der Waals surface area contributed by atoms with Gasteiger partial charge in [0.2, 0.25) is 5.91 Å². The van der Waals surface area contributed by atoms with Gasteiger partial charge in [0.05, 0.1) is 17.3 Å². The summed E-state index contributed by atoms with van der Waals surface area (Å²) in [6.45, 7) is 4.99. The van der Waals surface area contributed by atoms with Gasteiger partial charge in [0.15, 0.2) is 0 Å². The number of benzene rings is 1. The maximum atomic E-state index is 12.1. The van der Waals surface area contributed by atoms with Gasteiger partial charge in [0.25, 0.3) is 0 Å². The Morgan fingerprint density at radius 2 is 2.18 bits per heavy atom. The number of fused-ring (bicyclic) bond motifs is 1. The SMILES string of the molecule is CC(C)C[C@H]1CNc2ccc(Br)cc2NC1=O. The summed E-state index contributed by atoms with van der Waals surface area (Å²) in [5.74, 6) is 0.685. The van der Waals surface area contributed by atoms with Gasteiger partial charge in [-0.1, -0.05) is 29.8 Å². The van der Waals surface area contributed by atoms with Crippen molar-refractivity contribution in [3.8, 4) is 0 Å². The van der Waals surface area contributed by atoms with Gasteiger partial charge in [-0.15, -0.1) is 0 Å². The van der Waals surface area contributed by atoms with Crippen molar-refractivity contribution in [2.75, 3.05) is 17.2 Å². The predicted octanol–water partition coefficient (Wildman–Crippen LogP) is 3.48. The third kappa shape index (κ3) is 3.00. The number of hydrogen-bond donors (Lipinski definition) is 2. The molecule has 2 rings (SSSR count). The second-order valence-corrected chi connectivity index (χ2v) is 5.80. The van der Waals surface area contributed by atoms with Crippen molar-refractivity contribution in [2.45, 2.75) is 20.3 Å². The van der Waals surface area contributed by atoms with Crippen molar-refractivity contribution in [2.24, 2.45) is 11.8 Å². The molecule has 4 heteroatoms. The molecule has 1 aromatic rings. The van der Waals surface area contributed by atoms with Gasteiger partial charge in [-0.05, 0) is 30.5 Å². The zero-order valence-corrected chi connectivity index (χ0v) is 11.7.